The summed E-state index contributed by atoms with van der Waals surface area (Å²) < 4.78 is 30.9. The van der Waals surface area contributed by atoms with Gasteiger partial charge in [-0.2, -0.15) is 0 Å². The van der Waals surface area contributed by atoms with E-state index in [1.54, 1.807) is 7.11 Å². The van der Waals surface area contributed by atoms with Gasteiger partial charge in [0.25, 0.3) is 0 Å². The number of anilines is 2. The zero-order valence-corrected chi connectivity index (χ0v) is 17.7. The van der Waals surface area contributed by atoms with E-state index >= 15 is 0 Å². The molecule has 0 unspecified atom stereocenters. The summed E-state index contributed by atoms with van der Waals surface area (Å²) in [6, 6.07) is 13.1. The number of rotatable bonds is 9. The highest BCUT2D eigenvalue weighted by Gasteiger charge is 2.18. The van der Waals surface area contributed by atoms with Crippen LogP contribution in [0.1, 0.15) is 29.5 Å². The first-order valence-electron chi connectivity index (χ1n) is 9.13. The molecular weight excluding hydrogens is 376 g/mol. The van der Waals surface area contributed by atoms with Crippen molar-refractivity contribution in [1.29, 1.82) is 0 Å². The molecule has 1 N–H and O–H groups in total. The van der Waals surface area contributed by atoms with E-state index < -0.39 is 10.0 Å². The first kappa shape index (κ1) is 21.9. The van der Waals surface area contributed by atoms with Gasteiger partial charge in [0.1, 0.15) is 0 Å². The van der Waals surface area contributed by atoms with Crippen LogP contribution < -0.4 is 9.62 Å². The third kappa shape index (κ3) is 6.65. The Bertz CT molecular complexity index is 906. The molecule has 28 heavy (non-hydrogen) atoms. The van der Waals surface area contributed by atoms with Crippen molar-refractivity contribution in [3.8, 4) is 0 Å². The van der Waals surface area contributed by atoms with Crippen LogP contribution in [0.15, 0.2) is 42.5 Å². The van der Waals surface area contributed by atoms with Crippen molar-refractivity contribution in [3.05, 3.63) is 59.2 Å². The number of nitrogens with one attached hydrogen (secondary N) is 1. The van der Waals surface area contributed by atoms with Gasteiger partial charge in [-0.15, -0.1) is 0 Å². The lowest BCUT2D eigenvalue weighted by atomic mass is 10.1. The van der Waals surface area contributed by atoms with E-state index in [1.165, 1.54) is 10.6 Å². The number of carbonyl (C=O) groups is 1. The highest BCUT2D eigenvalue weighted by atomic mass is 32.2. The van der Waals surface area contributed by atoms with E-state index in [4.69, 9.17) is 4.74 Å². The predicted octanol–water partition coefficient (Wildman–Crippen LogP) is 3.63. The van der Waals surface area contributed by atoms with E-state index in [2.05, 4.69) is 5.32 Å². The Labute approximate surface area is 167 Å². The molecule has 0 fully saturated rings. The molecule has 0 radical (unpaired) electrons. The van der Waals surface area contributed by atoms with Crippen LogP contribution in [0.3, 0.4) is 0 Å². The molecule has 0 aromatic heterocycles. The maximum Gasteiger partial charge on any atom is 0.232 e. The fourth-order valence-corrected chi connectivity index (χ4v) is 4.04. The highest BCUT2D eigenvalue weighted by molar-refractivity contribution is 7.92. The molecule has 0 bridgehead atoms. The minimum absolute atomic E-state index is 0.150. The number of benzene rings is 2. The van der Waals surface area contributed by atoms with Crippen LogP contribution in [-0.2, 0) is 26.2 Å². The second kappa shape index (κ2) is 9.71. The molecule has 0 aliphatic rings. The maximum atomic E-state index is 12.2. The standard InChI is InChI=1S/C21H28N2O4S/c1-16-11-17(2)13-20(12-16)23(28(4,25)26)10-6-9-21(24)22-19-8-5-7-18(14-19)15-27-3/h5,7-8,11-14H,6,9-10,15H2,1-4H3,(H,22,24). The van der Waals surface area contributed by atoms with Crippen LogP contribution in [0.4, 0.5) is 11.4 Å². The topological polar surface area (TPSA) is 75.7 Å². The number of methoxy groups -OCH3 is 1. The third-order valence-corrected chi connectivity index (χ3v) is 5.38. The van der Waals surface area contributed by atoms with Gasteiger partial charge in [0.05, 0.1) is 18.6 Å². The van der Waals surface area contributed by atoms with Crippen molar-refractivity contribution in [1.82, 2.24) is 0 Å². The van der Waals surface area contributed by atoms with Gasteiger partial charge >= 0.3 is 0 Å². The molecule has 0 heterocycles. The average molecular weight is 405 g/mol. The highest BCUT2D eigenvalue weighted by Crippen LogP contribution is 2.22. The third-order valence-electron chi connectivity index (χ3n) is 4.18. The number of amides is 1. The molecule has 0 atom stereocenters. The lowest BCUT2D eigenvalue weighted by Gasteiger charge is -2.23. The summed E-state index contributed by atoms with van der Waals surface area (Å²) in [5, 5.41) is 2.85. The number of hydrogen-bond donors (Lipinski definition) is 1. The predicted molar refractivity (Wildman–Crippen MR) is 113 cm³/mol. The van der Waals surface area contributed by atoms with Crippen molar-refractivity contribution in [2.45, 2.75) is 33.3 Å². The Hall–Kier alpha value is -2.38. The van der Waals surface area contributed by atoms with Gasteiger partial charge < -0.3 is 10.1 Å². The van der Waals surface area contributed by atoms with Gasteiger partial charge in [0.2, 0.25) is 15.9 Å². The number of carbonyl (C=O) groups excluding carboxylic acids is 1. The molecular formula is C21H28N2O4S. The molecule has 0 spiro atoms. The van der Waals surface area contributed by atoms with Crippen LogP contribution in [-0.4, -0.2) is 34.2 Å². The summed E-state index contributed by atoms with van der Waals surface area (Å²) >= 11 is 0. The van der Waals surface area contributed by atoms with Crippen molar-refractivity contribution >= 4 is 27.3 Å². The summed E-state index contributed by atoms with van der Waals surface area (Å²) in [4.78, 5) is 12.2. The monoisotopic (exact) mass is 404 g/mol. The molecule has 2 rings (SSSR count). The van der Waals surface area contributed by atoms with Gasteiger partial charge in [0.15, 0.2) is 0 Å². The number of hydrogen-bond acceptors (Lipinski definition) is 4. The van der Waals surface area contributed by atoms with Crippen molar-refractivity contribution in [3.63, 3.8) is 0 Å². The van der Waals surface area contributed by atoms with Crippen LogP contribution in [0.5, 0.6) is 0 Å². The second-order valence-corrected chi connectivity index (χ2v) is 8.87. The first-order chi connectivity index (χ1) is 13.2. The van der Waals surface area contributed by atoms with Crippen LogP contribution in [0.2, 0.25) is 0 Å². The molecule has 6 nitrogen and oxygen atoms in total. The summed E-state index contributed by atoms with van der Waals surface area (Å²) in [5.41, 5.74) is 4.30. The molecule has 0 aliphatic carbocycles. The molecule has 0 aliphatic heterocycles. The zero-order valence-electron chi connectivity index (χ0n) is 16.9. The van der Waals surface area contributed by atoms with Gasteiger partial charge in [-0.05, 0) is 61.2 Å². The largest absolute Gasteiger partial charge is 0.380 e. The minimum Gasteiger partial charge on any atom is -0.380 e. The molecule has 0 saturated carbocycles. The lowest BCUT2D eigenvalue weighted by molar-refractivity contribution is -0.116. The number of aryl methyl sites for hydroxylation is 2. The van der Waals surface area contributed by atoms with Gasteiger partial charge in [0, 0.05) is 25.8 Å². The summed E-state index contributed by atoms with van der Waals surface area (Å²) in [6.45, 7) is 4.59. The van der Waals surface area contributed by atoms with E-state index in [0.29, 0.717) is 24.4 Å². The Morgan fingerprint density at radius 2 is 1.79 bits per heavy atom. The minimum atomic E-state index is -3.43. The number of sulfonamides is 1. The summed E-state index contributed by atoms with van der Waals surface area (Å²) in [5.74, 6) is -0.150. The second-order valence-electron chi connectivity index (χ2n) is 6.97. The Morgan fingerprint density at radius 3 is 2.39 bits per heavy atom. The van der Waals surface area contributed by atoms with Crippen LogP contribution in [0.25, 0.3) is 0 Å². The molecule has 152 valence electrons. The molecule has 2 aromatic carbocycles. The number of nitrogens with zero attached hydrogens (tertiary/aromatic N) is 1. The van der Waals surface area contributed by atoms with Crippen molar-refractivity contribution < 1.29 is 17.9 Å². The van der Waals surface area contributed by atoms with E-state index in [9.17, 15) is 13.2 Å². The van der Waals surface area contributed by atoms with Crippen molar-refractivity contribution in [2.24, 2.45) is 0 Å². The smallest absolute Gasteiger partial charge is 0.232 e. The van der Waals surface area contributed by atoms with E-state index in [0.717, 1.165) is 16.7 Å². The Morgan fingerprint density at radius 1 is 1.11 bits per heavy atom. The molecule has 2 aromatic rings. The maximum absolute atomic E-state index is 12.2. The van der Waals surface area contributed by atoms with E-state index in [-0.39, 0.29) is 18.9 Å². The van der Waals surface area contributed by atoms with E-state index in [1.807, 2.05) is 56.3 Å². The summed E-state index contributed by atoms with van der Waals surface area (Å²) in [7, 11) is -1.81. The van der Waals surface area contributed by atoms with Gasteiger partial charge in [-0.25, -0.2) is 8.42 Å². The SMILES string of the molecule is COCc1cccc(NC(=O)CCCN(c2cc(C)cc(C)c2)S(C)(=O)=O)c1. The quantitative estimate of drug-likeness (QED) is 0.692. The van der Waals surface area contributed by atoms with Gasteiger partial charge in [-0.3, -0.25) is 9.10 Å². The van der Waals surface area contributed by atoms with Crippen LogP contribution >= 0.6 is 0 Å². The lowest BCUT2D eigenvalue weighted by Crippen LogP contribution is -2.31. The van der Waals surface area contributed by atoms with Crippen LogP contribution in [0, 0.1) is 13.8 Å². The fourth-order valence-electron chi connectivity index (χ4n) is 3.09. The molecule has 1 amide bonds. The normalized spacial score (nSPS) is 11.3. The Balaban J connectivity index is 1.98. The van der Waals surface area contributed by atoms with Gasteiger partial charge in [-0.1, -0.05) is 18.2 Å². The molecule has 0 saturated heterocycles. The summed E-state index contributed by atoms with van der Waals surface area (Å²) in [6.07, 6.45) is 1.83. The zero-order chi connectivity index (χ0) is 20.7. The van der Waals surface area contributed by atoms with Crippen molar-refractivity contribution in [2.75, 3.05) is 29.5 Å². The fraction of sp³-hybridized carbons (Fsp3) is 0.381. The average Bonchev–Trinajstić information content (AvgIpc) is 2.57. The number of ether oxygens (including phenoxy) is 1. The molecule has 7 heteroatoms. The Kier molecular flexibility index (Phi) is 7.60. The first-order valence-corrected chi connectivity index (χ1v) is 11.0.